The molecule has 2 aliphatic rings. The maximum atomic E-state index is 12.8. The van der Waals surface area contributed by atoms with Crippen molar-refractivity contribution in [1.82, 2.24) is 0 Å². The maximum absolute atomic E-state index is 12.8. The Bertz CT molecular complexity index is 1600. The normalized spacial score (nSPS) is 26.2. The van der Waals surface area contributed by atoms with Crippen LogP contribution in [0, 0.1) is 11.8 Å². The van der Waals surface area contributed by atoms with Gasteiger partial charge in [-0.25, -0.2) is 4.79 Å². The Morgan fingerprint density at radius 1 is 0.800 bits per heavy atom. The molecule has 50 heavy (non-hydrogen) atoms. The second kappa shape index (κ2) is 16.0. The molecule has 0 aliphatic carbocycles. The predicted octanol–water partition coefficient (Wildman–Crippen LogP) is 1.71. The van der Waals surface area contributed by atoms with Gasteiger partial charge in [-0.15, -0.1) is 0 Å². The number of aliphatic hydroxyl groups excluding tert-OH is 4. The number of aromatic hydroxyl groups is 2. The van der Waals surface area contributed by atoms with Crippen LogP contribution in [0.2, 0.25) is 0 Å². The van der Waals surface area contributed by atoms with Crippen molar-refractivity contribution in [2.75, 3.05) is 48.3 Å². The topological polar surface area (TPSA) is 212 Å². The molecular formula is C35H42O15. The monoisotopic (exact) mass is 702 g/mol. The molecule has 6 N–H and O–H groups in total. The van der Waals surface area contributed by atoms with E-state index < -0.39 is 49.4 Å². The zero-order valence-electron chi connectivity index (χ0n) is 27.9. The highest BCUT2D eigenvalue weighted by atomic mass is 16.7. The van der Waals surface area contributed by atoms with Crippen LogP contribution < -0.4 is 23.7 Å². The molecule has 0 aromatic heterocycles. The number of benzene rings is 3. The molecule has 2 aliphatic heterocycles. The minimum atomic E-state index is -1.72. The first-order valence-electron chi connectivity index (χ1n) is 15.8. The number of aliphatic hydroxyl groups is 4. The molecule has 2 fully saturated rings. The summed E-state index contributed by atoms with van der Waals surface area (Å²) in [5.41, 5.74) is 1.59. The van der Waals surface area contributed by atoms with E-state index >= 15 is 0 Å². The van der Waals surface area contributed by atoms with Crippen LogP contribution in [0.1, 0.15) is 27.6 Å². The van der Waals surface area contributed by atoms with Crippen molar-refractivity contribution in [2.24, 2.45) is 11.8 Å². The molecule has 3 aromatic rings. The van der Waals surface area contributed by atoms with Crippen molar-refractivity contribution in [3.8, 4) is 40.2 Å². The van der Waals surface area contributed by atoms with Crippen LogP contribution >= 0.6 is 0 Å². The van der Waals surface area contributed by atoms with E-state index in [9.17, 15) is 35.4 Å². The van der Waals surface area contributed by atoms with Gasteiger partial charge in [-0.3, -0.25) is 0 Å². The summed E-state index contributed by atoms with van der Waals surface area (Å²) < 4.78 is 44.0. The predicted molar refractivity (Wildman–Crippen MR) is 173 cm³/mol. The largest absolute Gasteiger partial charge is 0.504 e. The zero-order chi connectivity index (χ0) is 36.1. The summed E-state index contributed by atoms with van der Waals surface area (Å²) in [6.45, 7) is -0.306. The molecule has 2 saturated heterocycles. The van der Waals surface area contributed by atoms with Gasteiger partial charge in [0.1, 0.15) is 31.0 Å². The van der Waals surface area contributed by atoms with Gasteiger partial charge in [0.2, 0.25) is 12.0 Å². The minimum absolute atomic E-state index is 0.0263. The van der Waals surface area contributed by atoms with Gasteiger partial charge in [0.15, 0.2) is 34.5 Å². The molecule has 0 amide bonds. The molecule has 3 aromatic carbocycles. The summed E-state index contributed by atoms with van der Waals surface area (Å²) in [5.74, 6) is -0.769. The lowest BCUT2D eigenvalue weighted by atomic mass is 9.84. The van der Waals surface area contributed by atoms with Crippen molar-refractivity contribution in [1.29, 1.82) is 0 Å². The van der Waals surface area contributed by atoms with Crippen molar-refractivity contribution < 1.29 is 73.3 Å². The van der Waals surface area contributed by atoms with E-state index in [1.807, 2.05) is 0 Å². The average Bonchev–Trinajstić information content (AvgIpc) is 3.54. The summed E-state index contributed by atoms with van der Waals surface area (Å²) in [6.07, 6.45) is -7.77. The number of carbonyl (C=O) groups excluding carboxylic acids is 1. The molecule has 0 radical (unpaired) electrons. The van der Waals surface area contributed by atoms with Crippen LogP contribution in [0.25, 0.3) is 0 Å². The summed E-state index contributed by atoms with van der Waals surface area (Å²) in [6, 6.07) is 12.6. The summed E-state index contributed by atoms with van der Waals surface area (Å²) in [5, 5.41) is 62.3. The molecule has 15 nitrogen and oxygen atoms in total. The average molecular weight is 703 g/mol. The van der Waals surface area contributed by atoms with Gasteiger partial charge in [-0.1, -0.05) is 12.1 Å². The Kier molecular flexibility index (Phi) is 11.8. The molecule has 0 spiro atoms. The summed E-state index contributed by atoms with van der Waals surface area (Å²) in [7, 11) is 5.49. The first-order chi connectivity index (χ1) is 24.0. The van der Waals surface area contributed by atoms with E-state index in [2.05, 4.69) is 0 Å². The van der Waals surface area contributed by atoms with Gasteiger partial charge >= 0.3 is 5.97 Å². The smallest absolute Gasteiger partial charge is 0.338 e. The van der Waals surface area contributed by atoms with E-state index in [0.29, 0.717) is 24.3 Å². The molecule has 5 rings (SSSR count). The van der Waals surface area contributed by atoms with Crippen molar-refractivity contribution in [3.05, 3.63) is 65.2 Å². The minimum Gasteiger partial charge on any atom is -0.504 e. The van der Waals surface area contributed by atoms with Gasteiger partial charge in [0.25, 0.3) is 0 Å². The lowest BCUT2D eigenvalue weighted by Crippen LogP contribution is -2.60. The Morgan fingerprint density at radius 3 is 2.12 bits per heavy atom. The molecule has 0 saturated carbocycles. The summed E-state index contributed by atoms with van der Waals surface area (Å²) in [4.78, 5) is 12.8. The number of phenolic OH excluding ortho intramolecular Hbond substituents is 2. The van der Waals surface area contributed by atoms with Crippen LogP contribution in [0.3, 0.4) is 0 Å². The van der Waals surface area contributed by atoms with E-state index in [1.54, 1.807) is 36.4 Å². The number of phenols is 2. The van der Waals surface area contributed by atoms with Gasteiger partial charge in [0.05, 0.1) is 46.7 Å². The second-order valence-corrected chi connectivity index (χ2v) is 11.9. The summed E-state index contributed by atoms with van der Waals surface area (Å²) >= 11 is 0. The number of ether oxygens (including phenoxy) is 8. The maximum Gasteiger partial charge on any atom is 0.338 e. The van der Waals surface area contributed by atoms with Gasteiger partial charge in [0, 0.05) is 12.5 Å². The highest BCUT2D eigenvalue weighted by molar-refractivity contribution is 5.91. The van der Waals surface area contributed by atoms with Crippen molar-refractivity contribution in [3.63, 3.8) is 0 Å². The number of hydrogen-bond acceptors (Lipinski definition) is 15. The Morgan fingerprint density at radius 2 is 1.48 bits per heavy atom. The SMILES string of the molecule is COc1cc(CC2COC(c3ccc(OC4OC(COC(=O)c5cc(OC)c(O)c(OC)c5)C(O)C(O)C4O)c(OC)c3)C2CO)ccc1O. The quantitative estimate of drug-likeness (QED) is 0.140. The Balaban J connectivity index is 1.26. The first kappa shape index (κ1) is 36.8. The highest BCUT2D eigenvalue weighted by Gasteiger charge is 2.46. The third kappa shape index (κ3) is 7.62. The Labute approximate surface area is 288 Å². The molecule has 15 heteroatoms. The number of methoxy groups -OCH3 is 4. The van der Waals surface area contributed by atoms with E-state index in [0.717, 1.165) is 5.56 Å². The van der Waals surface area contributed by atoms with Crippen LogP contribution in [-0.4, -0.2) is 116 Å². The molecular weight excluding hydrogens is 660 g/mol. The van der Waals surface area contributed by atoms with Crippen LogP contribution in [-0.2, 0) is 20.6 Å². The fourth-order valence-electron chi connectivity index (χ4n) is 6.16. The standard InChI is InChI=1S/C35H42O15/c1-43-24-10-17(5-7-22(24)37)9-20-15-47-33(21(20)14-36)18-6-8-23(25(11-18)44-2)49-35-32(41)31(40)30(39)28(50-35)16-48-34(42)19-12-26(45-3)29(38)27(13-19)46-4/h5-8,10-13,20-21,28,30-33,35-41H,9,14-16H2,1-4H3. The fraction of sp³-hybridized carbons (Fsp3) is 0.457. The molecule has 2 heterocycles. The number of hydrogen-bond donors (Lipinski definition) is 6. The van der Waals surface area contributed by atoms with Gasteiger partial charge in [-0.05, 0) is 59.9 Å². The van der Waals surface area contributed by atoms with E-state index in [4.69, 9.17) is 37.9 Å². The fourth-order valence-corrected chi connectivity index (χ4v) is 6.16. The molecule has 8 atom stereocenters. The van der Waals surface area contributed by atoms with E-state index in [-0.39, 0.29) is 58.5 Å². The third-order valence-electron chi connectivity index (χ3n) is 8.96. The van der Waals surface area contributed by atoms with Crippen LogP contribution in [0.5, 0.6) is 40.2 Å². The number of carbonyl (C=O) groups is 1. The van der Waals surface area contributed by atoms with Crippen LogP contribution in [0.15, 0.2) is 48.5 Å². The lowest BCUT2D eigenvalue weighted by molar-refractivity contribution is -0.277. The van der Waals surface area contributed by atoms with Gasteiger partial charge in [-0.2, -0.15) is 0 Å². The number of esters is 1. The van der Waals surface area contributed by atoms with Crippen molar-refractivity contribution >= 4 is 5.97 Å². The highest BCUT2D eigenvalue weighted by Crippen LogP contribution is 2.43. The van der Waals surface area contributed by atoms with E-state index in [1.165, 1.54) is 40.6 Å². The third-order valence-corrected chi connectivity index (χ3v) is 8.96. The molecule has 8 unspecified atom stereocenters. The molecule has 0 bridgehead atoms. The Hall–Kier alpha value is -4.51. The van der Waals surface area contributed by atoms with Crippen molar-refractivity contribution in [2.45, 2.75) is 43.2 Å². The zero-order valence-corrected chi connectivity index (χ0v) is 27.9. The van der Waals surface area contributed by atoms with Crippen LogP contribution in [0.4, 0.5) is 0 Å². The second-order valence-electron chi connectivity index (χ2n) is 11.9. The first-order valence-corrected chi connectivity index (χ1v) is 15.8. The lowest BCUT2D eigenvalue weighted by Gasteiger charge is -2.40. The number of rotatable bonds is 13. The van der Waals surface area contributed by atoms with Gasteiger partial charge < -0.3 is 68.5 Å². The molecule has 272 valence electrons.